The Morgan fingerprint density at radius 3 is 2.55 bits per heavy atom. The number of hydrogen-bond donors (Lipinski definition) is 1. The lowest BCUT2D eigenvalue weighted by atomic mass is 9.98. The topological polar surface area (TPSA) is 64.6 Å². The molecular weight excluding hydrogens is 258 g/mol. The van der Waals surface area contributed by atoms with Crippen LogP contribution in [0.3, 0.4) is 0 Å². The van der Waals surface area contributed by atoms with E-state index >= 15 is 0 Å². The summed E-state index contributed by atoms with van der Waals surface area (Å²) in [6.07, 6.45) is 4.20. The molecule has 0 aromatic carbocycles. The predicted molar refractivity (Wildman–Crippen MR) is 75.0 cm³/mol. The first kappa shape index (κ1) is 16.4. The average molecular weight is 281 g/mol. The first-order chi connectivity index (χ1) is 9.64. The number of esters is 1. The fourth-order valence-corrected chi connectivity index (χ4v) is 2.21. The zero-order valence-corrected chi connectivity index (χ0v) is 12.3. The minimum absolute atomic E-state index is 0.0310. The Labute approximate surface area is 120 Å². The van der Waals surface area contributed by atoms with Gasteiger partial charge in [0, 0.05) is 0 Å². The van der Waals surface area contributed by atoms with Gasteiger partial charge in [-0.1, -0.05) is 32.1 Å². The molecule has 5 heteroatoms. The highest BCUT2D eigenvalue weighted by molar-refractivity contribution is 5.86. The highest BCUT2D eigenvalue weighted by atomic mass is 16.6. The van der Waals surface area contributed by atoms with Gasteiger partial charge in [0.1, 0.15) is 5.54 Å². The summed E-state index contributed by atoms with van der Waals surface area (Å²) in [6, 6.07) is 0. The third kappa shape index (κ3) is 4.76. The lowest BCUT2D eigenvalue weighted by Crippen LogP contribution is -2.53. The highest BCUT2D eigenvalue weighted by Gasteiger charge is 2.44. The summed E-state index contributed by atoms with van der Waals surface area (Å²) in [7, 11) is 0. The van der Waals surface area contributed by atoms with Crippen molar-refractivity contribution in [3.63, 3.8) is 0 Å². The molecule has 0 radical (unpaired) electrons. The molecule has 20 heavy (non-hydrogen) atoms. The SMILES string of the molecule is CC#CCOC(=O)NC1(C(=O)OCCCC)CCCC1. The number of unbranched alkanes of at least 4 members (excludes halogenated alkanes) is 1. The van der Waals surface area contributed by atoms with Crippen molar-refractivity contribution in [2.45, 2.75) is 57.9 Å². The van der Waals surface area contributed by atoms with Crippen LogP contribution >= 0.6 is 0 Å². The van der Waals surface area contributed by atoms with Crippen LogP contribution in [0.5, 0.6) is 0 Å². The number of alkyl carbamates (subject to hydrolysis) is 1. The van der Waals surface area contributed by atoms with E-state index in [0.717, 1.165) is 25.7 Å². The number of nitrogens with one attached hydrogen (secondary N) is 1. The second kappa shape index (κ2) is 8.47. The van der Waals surface area contributed by atoms with E-state index in [9.17, 15) is 9.59 Å². The lowest BCUT2D eigenvalue weighted by Gasteiger charge is -2.27. The largest absolute Gasteiger partial charge is 0.464 e. The Balaban J connectivity index is 2.54. The summed E-state index contributed by atoms with van der Waals surface area (Å²) in [6.45, 7) is 4.13. The van der Waals surface area contributed by atoms with Crippen molar-refractivity contribution < 1.29 is 19.1 Å². The maximum absolute atomic E-state index is 12.2. The Morgan fingerprint density at radius 1 is 1.25 bits per heavy atom. The molecule has 0 spiro atoms. The zero-order valence-electron chi connectivity index (χ0n) is 12.3. The van der Waals surface area contributed by atoms with Gasteiger partial charge < -0.3 is 14.8 Å². The fraction of sp³-hybridized carbons (Fsp3) is 0.733. The smallest absolute Gasteiger partial charge is 0.409 e. The second-order valence-corrected chi connectivity index (χ2v) is 4.91. The Bertz CT molecular complexity index is 388. The van der Waals surface area contributed by atoms with Gasteiger partial charge in [0.25, 0.3) is 0 Å². The average Bonchev–Trinajstić information content (AvgIpc) is 2.89. The molecular formula is C15H23NO4. The Kier molecular flexibility index (Phi) is 6.92. The van der Waals surface area contributed by atoms with Crippen LogP contribution in [0, 0.1) is 11.8 Å². The molecule has 1 amide bonds. The van der Waals surface area contributed by atoms with Crippen LogP contribution in [-0.4, -0.2) is 30.8 Å². The number of amides is 1. The predicted octanol–water partition coefficient (Wildman–Crippen LogP) is 2.39. The lowest BCUT2D eigenvalue weighted by molar-refractivity contribution is -0.151. The van der Waals surface area contributed by atoms with E-state index in [0.29, 0.717) is 19.4 Å². The molecule has 0 bridgehead atoms. The number of rotatable bonds is 6. The summed E-state index contributed by atoms with van der Waals surface area (Å²) in [5.41, 5.74) is -0.912. The van der Waals surface area contributed by atoms with Crippen LogP contribution in [0.25, 0.3) is 0 Å². The maximum Gasteiger partial charge on any atom is 0.409 e. The van der Waals surface area contributed by atoms with Crippen LogP contribution in [0.2, 0.25) is 0 Å². The van der Waals surface area contributed by atoms with E-state index in [2.05, 4.69) is 17.2 Å². The second-order valence-electron chi connectivity index (χ2n) is 4.91. The third-order valence-corrected chi connectivity index (χ3v) is 3.37. The molecule has 0 heterocycles. The van der Waals surface area contributed by atoms with Crippen LogP contribution in [0.1, 0.15) is 52.4 Å². The van der Waals surface area contributed by atoms with Gasteiger partial charge in [0.05, 0.1) is 6.61 Å². The van der Waals surface area contributed by atoms with Crippen molar-refractivity contribution in [3.05, 3.63) is 0 Å². The molecule has 1 aliphatic carbocycles. The number of hydrogen-bond acceptors (Lipinski definition) is 4. The minimum atomic E-state index is -0.912. The molecule has 0 aromatic rings. The van der Waals surface area contributed by atoms with E-state index in [1.54, 1.807) is 6.92 Å². The molecule has 1 aliphatic rings. The van der Waals surface area contributed by atoms with Crippen molar-refractivity contribution >= 4 is 12.1 Å². The van der Waals surface area contributed by atoms with Crippen LogP contribution in [0.4, 0.5) is 4.79 Å². The van der Waals surface area contributed by atoms with E-state index in [1.165, 1.54) is 0 Å². The first-order valence-electron chi connectivity index (χ1n) is 7.16. The normalized spacial score (nSPS) is 15.9. The van der Waals surface area contributed by atoms with Gasteiger partial charge in [-0.15, -0.1) is 5.92 Å². The van der Waals surface area contributed by atoms with Gasteiger partial charge in [-0.25, -0.2) is 9.59 Å². The van der Waals surface area contributed by atoms with Crippen LogP contribution in [0.15, 0.2) is 0 Å². The highest BCUT2D eigenvalue weighted by Crippen LogP contribution is 2.31. The minimum Gasteiger partial charge on any atom is -0.464 e. The van der Waals surface area contributed by atoms with E-state index in [-0.39, 0.29) is 12.6 Å². The van der Waals surface area contributed by atoms with Crippen LogP contribution < -0.4 is 5.32 Å². The molecule has 0 aromatic heterocycles. The van der Waals surface area contributed by atoms with Gasteiger partial charge >= 0.3 is 12.1 Å². The molecule has 1 N–H and O–H groups in total. The van der Waals surface area contributed by atoms with Gasteiger partial charge in [0.15, 0.2) is 6.61 Å². The van der Waals surface area contributed by atoms with E-state index < -0.39 is 11.6 Å². The molecule has 1 saturated carbocycles. The summed E-state index contributed by atoms with van der Waals surface area (Å²) in [4.78, 5) is 23.9. The summed E-state index contributed by atoms with van der Waals surface area (Å²) in [5.74, 6) is 4.93. The molecule has 1 rings (SSSR count). The number of ether oxygens (including phenoxy) is 2. The van der Waals surface area contributed by atoms with Gasteiger partial charge in [-0.05, 0) is 26.2 Å². The summed E-state index contributed by atoms with van der Waals surface area (Å²) in [5, 5.41) is 2.67. The monoisotopic (exact) mass is 281 g/mol. The molecule has 112 valence electrons. The summed E-state index contributed by atoms with van der Waals surface area (Å²) < 4.78 is 10.2. The fourth-order valence-electron chi connectivity index (χ4n) is 2.21. The van der Waals surface area contributed by atoms with Crippen LogP contribution in [-0.2, 0) is 14.3 Å². The van der Waals surface area contributed by atoms with E-state index in [1.807, 2.05) is 6.92 Å². The van der Waals surface area contributed by atoms with Crippen molar-refractivity contribution in [3.8, 4) is 11.8 Å². The zero-order chi connectivity index (χ0) is 14.8. The Hall–Kier alpha value is -1.70. The van der Waals surface area contributed by atoms with Crippen molar-refractivity contribution in [2.24, 2.45) is 0 Å². The molecule has 0 atom stereocenters. The maximum atomic E-state index is 12.2. The van der Waals surface area contributed by atoms with Gasteiger partial charge in [0.2, 0.25) is 0 Å². The van der Waals surface area contributed by atoms with E-state index in [4.69, 9.17) is 9.47 Å². The molecule has 5 nitrogen and oxygen atoms in total. The number of carbonyl (C=O) groups excluding carboxylic acids is 2. The number of carbonyl (C=O) groups is 2. The van der Waals surface area contributed by atoms with Gasteiger partial charge in [-0.2, -0.15) is 0 Å². The molecule has 0 unspecified atom stereocenters. The molecule has 0 saturated heterocycles. The summed E-state index contributed by atoms with van der Waals surface area (Å²) >= 11 is 0. The first-order valence-corrected chi connectivity index (χ1v) is 7.16. The Morgan fingerprint density at radius 2 is 1.95 bits per heavy atom. The quantitative estimate of drug-likeness (QED) is 0.461. The van der Waals surface area contributed by atoms with Gasteiger partial charge in [-0.3, -0.25) is 0 Å². The van der Waals surface area contributed by atoms with Crippen molar-refractivity contribution in [1.82, 2.24) is 5.32 Å². The van der Waals surface area contributed by atoms with Crippen molar-refractivity contribution in [2.75, 3.05) is 13.2 Å². The van der Waals surface area contributed by atoms with Crippen molar-refractivity contribution in [1.29, 1.82) is 0 Å². The third-order valence-electron chi connectivity index (χ3n) is 3.37. The standard InChI is InChI=1S/C15H23NO4/c1-3-5-11-19-13(17)15(9-7-8-10-15)16-14(18)20-12-6-4-2/h3,5,7-12H2,1-2H3,(H,16,18). The molecule has 0 aliphatic heterocycles. The molecule has 1 fully saturated rings.